The number of amides is 2. The molecule has 0 radical (unpaired) electrons. The molecule has 0 aliphatic carbocycles. The van der Waals surface area contributed by atoms with E-state index >= 15 is 0 Å². The quantitative estimate of drug-likeness (QED) is 0.679. The predicted octanol–water partition coefficient (Wildman–Crippen LogP) is 4.02. The van der Waals surface area contributed by atoms with Gasteiger partial charge in [0.15, 0.2) is 0 Å². The third-order valence-electron chi connectivity index (χ3n) is 4.72. The molecule has 1 unspecified atom stereocenters. The smallest absolute Gasteiger partial charge is 0.410 e. The Morgan fingerprint density at radius 1 is 1.22 bits per heavy atom. The summed E-state index contributed by atoms with van der Waals surface area (Å²) in [6, 6.07) is 5.85. The lowest BCUT2D eigenvalue weighted by Gasteiger charge is -2.40. The van der Waals surface area contributed by atoms with Crippen molar-refractivity contribution < 1.29 is 14.3 Å². The number of fused-ring (bicyclic) bond motifs is 1. The number of aryl methyl sites for hydroxylation is 1. The molecule has 1 atom stereocenters. The third-order valence-corrected chi connectivity index (χ3v) is 5.22. The van der Waals surface area contributed by atoms with E-state index in [0.29, 0.717) is 25.2 Å². The van der Waals surface area contributed by atoms with Gasteiger partial charge in [0, 0.05) is 54.3 Å². The summed E-state index contributed by atoms with van der Waals surface area (Å²) in [5.74, 6) is -0.00520. The fourth-order valence-corrected chi connectivity index (χ4v) is 3.80. The first-order valence-corrected chi connectivity index (χ1v) is 9.89. The van der Waals surface area contributed by atoms with Gasteiger partial charge in [0.1, 0.15) is 5.60 Å². The highest BCUT2D eigenvalue weighted by Gasteiger charge is 2.33. The standard InChI is InChI=1S/C20H26BrN3O3/c1-13-11-23(8-9-24(13)19(26)27-20(2,3)4)18(25)16-12-22(5)17-7-6-14(21)10-15(16)17/h6-7,10,12-13H,8-9,11H2,1-5H3. The molecule has 0 saturated carbocycles. The molecule has 1 aromatic carbocycles. The van der Waals surface area contributed by atoms with E-state index in [9.17, 15) is 9.59 Å². The molecule has 0 N–H and O–H groups in total. The van der Waals surface area contributed by atoms with E-state index < -0.39 is 5.60 Å². The average Bonchev–Trinajstić information content (AvgIpc) is 2.88. The SMILES string of the molecule is CC1CN(C(=O)c2cn(C)c3ccc(Br)cc23)CCN1C(=O)OC(C)(C)C. The lowest BCUT2D eigenvalue weighted by molar-refractivity contribution is 0.00201. The molecule has 1 aliphatic heterocycles. The zero-order valence-electron chi connectivity index (χ0n) is 16.5. The van der Waals surface area contributed by atoms with Crippen molar-refractivity contribution in [3.05, 3.63) is 34.4 Å². The summed E-state index contributed by atoms with van der Waals surface area (Å²) >= 11 is 3.49. The van der Waals surface area contributed by atoms with E-state index in [2.05, 4.69) is 15.9 Å². The zero-order chi connectivity index (χ0) is 19.9. The van der Waals surface area contributed by atoms with Crippen molar-refractivity contribution in [3.63, 3.8) is 0 Å². The van der Waals surface area contributed by atoms with Crippen LogP contribution in [0.2, 0.25) is 0 Å². The number of piperazine rings is 1. The lowest BCUT2D eigenvalue weighted by atomic mass is 10.1. The molecule has 2 amide bonds. The second-order valence-corrected chi connectivity index (χ2v) is 9.00. The molecule has 1 fully saturated rings. The third kappa shape index (κ3) is 4.13. The molecule has 1 aromatic heterocycles. The minimum absolute atomic E-state index is 0.00520. The fraction of sp³-hybridized carbons (Fsp3) is 0.500. The van der Waals surface area contributed by atoms with Crippen LogP contribution in [0.25, 0.3) is 10.9 Å². The van der Waals surface area contributed by atoms with Crippen LogP contribution in [0.4, 0.5) is 4.79 Å². The van der Waals surface area contributed by atoms with Gasteiger partial charge >= 0.3 is 6.09 Å². The predicted molar refractivity (Wildman–Crippen MR) is 109 cm³/mol. The van der Waals surface area contributed by atoms with Crippen molar-refractivity contribution in [3.8, 4) is 0 Å². The molecular formula is C20H26BrN3O3. The molecule has 146 valence electrons. The Morgan fingerprint density at radius 3 is 2.56 bits per heavy atom. The molecule has 7 heteroatoms. The first kappa shape index (κ1) is 19.7. The molecule has 2 heterocycles. The van der Waals surface area contributed by atoms with Crippen LogP contribution in [0.5, 0.6) is 0 Å². The number of nitrogens with zero attached hydrogens (tertiary/aromatic N) is 3. The van der Waals surface area contributed by atoms with Gasteiger partial charge in [0.25, 0.3) is 5.91 Å². The highest BCUT2D eigenvalue weighted by Crippen LogP contribution is 2.26. The number of carbonyl (C=O) groups excluding carboxylic acids is 2. The molecule has 3 rings (SSSR count). The maximum atomic E-state index is 13.2. The molecular weight excluding hydrogens is 410 g/mol. The molecule has 0 bridgehead atoms. The van der Waals surface area contributed by atoms with Crippen molar-refractivity contribution >= 4 is 38.8 Å². The number of benzene rings is 1. The largest absolute Gasteiger partial charge is 0.444 e. The summed E-state index contributed by atoms with van der Waals surface area (Å²) in [6.45, 7) is 8.96. The molecule has 2 aromatic rings. The van der Waals surface area contributed by atoms with Gasteiger partial charge < -0.3 is 19.1 Å². The molecule has 27 heavy (non-hydrogen) atoms. The lowest BCUT2D eigenvalue weighted by Crippen LogP contribution is -2.56. The Bertz CT molecular complexity index is 884. The van der Waals surface area contributed by atoms with Crippen LogP contribution < -0.4 is 0 Å². The second-order valence-electron chi connectivity index (χ2n) is 8.09. The Kier molecular flexibility index (Phi) is 5.25. The van der Waals surface area contributed by atoms with Gasteiger partial charge in [-0.1, -0.05) is 15.9 Å². The van der Waals surface area contributed by atoms with Crippen LogP contribution in [-0.4, -0.2) is 57.6 Å². The van der Waals surface area contributed by atoms with Gasteiger partial charge in [0.2, 0.25) is 0 Å². The van der Waals surface area contributed by atoms with Gasteiger partial charge in [-0.05, 0) is 45.9 Å². The minimum atomic E-state index is -0.528. The van der Waals surface area contributed by atoms with Crippen molar-refractivity contribution in [1.82, 2.24) is 14.4 Å². The summed E-state index contributed by atoms with van der Waals surface area (Å²) in [5.41, 5.74) is 1.17. The topological polar surface area (TPSA) is 54.8 Å². The summed E-state index contributed by atoms with van der Waals surface area (Å²) < 4.78 is 8.39. The Labute approximate surface area is 168 Å². The van der Waals surface area contributed by atoms with Crippen LogP contribution in [0.1, 0.15) is 38.1 Å². The number of ether oxygens (including phenoxy) is 1. The number of carbonyl (C=O) groups is 2. The maximum Gasteiger partial charge on any atom is 0.410 e. The fourth-order valence-electron chi connectivity index (χ4n) is 3.44. The molecule has 1 aliphatic rings. The van der Waals surface area contributed by atoms with Gasteiger partial charge in [-0.2, -0.15) is 0 Å². The maximum absolute atomic E-state index is 13.2. The van der Waals surface area contributed by atoms with Gasteiger partial charge in [-0.3, -0.25) is 4.79 Å². The molecule has 6 nitrogen and oxygen atoms in total. The van der Waals surface area contributed by atoms with Crippen molar-refractivity contribution in [2.75, 3.05) is 19.6 Å². The van der Waals surface area contributed by atoms with Gasteiger partial charge in [0.05, 0.1) is 5.56 Å². The number of rotatable bonds is 1. The Balaban J connectivity index is 1.77. The number of hydrogen-bond acceptors (Lipinski definition) is 3. The van der Waals surface area contributed by atoms with Crippen LogP contribution in [0, 0.1) is 0 Å². The van der Waals surface area contributed by atoms with Crippen molar-refractivity contribution in [1.29, 1.82) is 0 Å². The van der Waals surface area contributed by atoms with E-state index in [1.54, 1.807) is 4.90 Å². The zero-order valence-corrected chi connectivity index (χ0v) is 18.0. The first-order chi connectivity index (χ1) is 12.6. The second kappa shape index (κ2) is 7.19. The summed E-state index contributed by atoms with van der Waals surface area (Å²) in [4.78, 5) is 29.1. The Hall–Kier alpha value is -2.02. The van der Waals surface area contributed by atoms with Crippen molar-refractivity contribution in [2.24, 2.45) is 7.05 Å². The van der Waals surface area contributed by atoms with Crippen molar-refractivity contribution in [2.45, 2.75) is 39.3 Å². The first-order valence-electron chi connectivity index (χ1n) is 9.10. The molecule has 1 saturated heterocycles. The van der Waals surface area contributed by atoms with Gasteiger partial charge in [-0.25, -0.2) is 4.79 Å². The molecule has 0 spiro atoms. The summed E-state index contributed by atoms with van der Waals surface area (Å²) in [5, 5.41) is 0.930. The van der Waals surface area contributed by atoms with E-state index in [0.717, 1.165) is 15.4 Å². The number of aromatic nitrogens is 1. The minimum Gasteiger partial charge on any atom is -0.444 e. The monoisotopic (exact) mass is 435 g/mol. The van der Waals surface area contributed by atoms with Crippen LogP contribution in [-0.2, 0) is 11.8 Å². The van der Waals surface area contributed by atoms with E-state index in [4.69, 9.17) is 4.74 Å². The van der Waals surface area contributed by atoms with E-state index in [1.165, 1.54) is 0 Å². The normalized spacial score (nSPS) is 18.1. The Morgan fingerprint density at radius 2 is 1.93 bits per heavy atom. The van der Waals surface area contributed by atoms with Crippen LogP contribution in [0.15, 0.2) is 28.9 Å². The summed E-state index contributed by atoms with van der Waals surface area (Å²) in [7, 11) is 1.94. The highest BCUT2D eigenvalue weighted by molar-refractivity contribution is 9.10. The van der Waals surface area contributed by atoms with Crippen LogP contribution >= 0.6 is 15.9 Å². The number of hydrogen-bond donors (Lipinski definition) is 0. The summed E-state index contributed by atoms with van der Waals surface area (Å²) in [6.07, 6.45) is 1.56. The highest BCUT2D eigenvalue weighted by atomic mass is 79.9. The van der Waals surface area contributed by atoms with Gasteiger partial charge in [-0.15, -0.1) is 0 Å². The van der Waals surface area contributed by atoms with E-state index in [-0.39, 0.29) is 18.0 Å². The van der Waals surface area contributed by atoms with E-state index in [1.807, 2.05) is 68.6 Å². The average molecular weight is 436 g/mol. The van der Waals surface area contributed by atoms with Crippen LogP contribution in [0.3, 0.4) is 0 Å². The number of halogens is 1.